The van der Waals surface area contributed by atoms with Gasteiger partial charge in [-0.15, -0.1) is 0 Å². The monoisotopic (exact) mass is 304 g/mol. The van der Waals surface area contributed by atoms with E-state index in [0.29, 0.717) is 25.9 Å². The molecule has 2 aliphatic rings. The molecule has 8 nitrogen and oxygen atoms in total. The minimum Gasteiger partial charge on any atom is -0.344 e. The van der Waals surface area contributed by atoms with Gasteiger partial charge in [-0.05, 0) is 6.42 Å². The number of carbonyl (C=O) groups excluding carboxylic acids is 2. The number of hydrogen-bond acceptors (Lipinski definition) is 4. The van der Waals surface area contributed by atoms with Gasteiger partial charge in [0.15, 0.2) is 0 Å². The summed E-state index contributed by atoms with van der Waals surface area (Å²) in [6.45, 7) is 1.29. The fourth-order valence-corrected chi connectivity index (χ4v) is 3.48. The third-order valence-corrected chi connectivity index (χ3v) is 5.57. The third kappa shape index (κ3) is 2.94. The number of rotatable bonds is 3. The molecule has 0 aromatic rings. The van der Waals surface area contributed by atoms with E-state index in [4.69, 9.17) is 0 Å². The van der Waals surface area contributed by atoms with Crippen LogP contribution < -0.4 is 5.32 Å². The summed E-state index contributed by atoms with van der Waals surface area (Å²) in [4.78, 5) is 24.9. The van der Waals surface area contributed by atoms with Crippen molar-refractivity contribution in [2.75, 3.05) is 40.3 Å². The topological polar surface area (TPSA) is 90.0 Å². The van der Waals surface area contributed by atoms with Gasteiger partial charge < -0.3 is 10.2 Å². The van der Waals surface area contributed by atoms with Crippen molar-refractivity contribution in [3.63, 3.8) is 0 Å². The molecule has 0 aliphatic carbocycles. The van der Waals surface area contributed by atoms with Crippen molar-refractivity contribution in [1.82, 2.24) is 18.8 Å². The summed E-state index contributed by atoms with van der Waals surface area (Å²) in [6, 6.07) is -0.445. The van der Waals surface area contributed by atoms with Gasteiger partial charge in [0.1, 0.15) is 6.04 Å². The number of hydrogen-bond donors (Lipinski definition) is 1. The maximum Gasteiger partial charge on any atom is 0.281 e. The van der Waals surface area contributed by atoms with E-state index in [1.54, 1.807) is 4.90 Å². The Hall–Kier alpha value is -1.19. The quantitative estimate of drug-likeness (QED) is 0.667. The summed E-state index contributed by atoms with van der Waals surface area (Å²) in [6.07, 6.45) is 0.902. The zero-order valence-electron chi connectivity index (χ0n) is 11.7. The Labute approximate surface area is 118 Å². The van der Waals surface area contributed by atoms with Crippen LogP contribution in [-0.2, 0) is 19.8 Å². The minimum absolute atomic E-state index is 0.0998. The van der Waals surface area contributed by atoms with Gasteiger partial charge in [0.05, 0.1) is 0 Å². The molecule has 2 aliphatic heterocycles. The van der Waals surface area contributed by atoms with Gasteiger partial charge in [-0.2, -0.15) is 17.0 Å². The average molecular weight is 304 g/mol. The summed E-state index contributed by atoms with van der Waals surface area (Å²) < 4.78 is 26.4. The van der Waals surface area contributed by atoms with Crippen molar-refractivity contribution in [2.45, 2.75) is 18.9 Å². The first kappa shape index (κ1) is 15.2. The van der Waals surface area contributed by atoms with Gasteiger partial charge in [0, 0.05) is 46.7 Å². The molecular weight excluding hydrogens is 284 g/mol. The summed E-state index contributed by atoms with van der Waals surface area (Å²) in [5, 5.41) is 2.64. The third-order valence-electron chi connectivity index (χ3n) is 3.63. The fourth-order valence-electron chi connectivity index (χ4n) is 2.39. The van der Waals surface area contributed by atoms with E-state index in [2.05, 4.69) is 5.32 Å². The van der Waals surface area contributed by atoms with Crippen LogP contribution in [0.5, 0.6) is 0 Å². The van der Waals surface area contributed by atoms with Crippen molar-refractivity contribution < 1.29 is 18.0 Å². The lowest BCUT2D eigenvalue weighted by Gasteiger charge is -2.36. The Morgan fingerprint density at radius 3 is 2.30 bits per heavy atom. The maximum atomic E-state index is 12.2. The van der Waals surface area contributed by atoms with E-state index in [0.717, 1.165) is 0 Å². The molecule has 2 heterocycles. The van der Waals surface area contributed by atoms with Gasteiger partial charge >= 0.3 is 0 Å². The normalized spacial score (nSPS) is 25.1. The first-order chi connectivity index (χ1) is 9.32. The molecule has 2 rings (SSSR count). The Bertz CT molecular complexity index is 497. The highest BCUT2D eigenvalue weighted by atomic mass is 32.2. The van der Waals surface area contributed by atoms with Crippen LogP contribution in [0.15, 0.2) is 0 Å². The summed E-state index contributed by atoms with van der Waals surface area (Å²) >= 11 is 0. The second kappa shape index (κ2) is 5.66. The van der Waals surface area contributed by atoms with Crippen molar-refractivity contribution in [3.05, 3.63) is 0 Å². The number of nitrogens with one attached hydrogen (secondary N) is 1. The van der Waals surface area contributed by atoms with Gasteiger partial charge in [0.25, 0.3) is 10.2 Å². The van der Waals surface area contributed by atoms with Crippen LogP contribution in [0.3, 0.4) is 0 Å². The standard InChI is InChI=1S/C11H20N4O4S/c1-13(2)20(18,19)15-7-5-14(6-8-15)11(17)9-3-4-10(16)12-9/h9H,3-8H2,1-2H3,(H,12,16). The minimum atomic E-state index is -3.42. The van der Waals surface area contributed by atoms with Crippen molar-refractivity contribution in [2.24, 2.45) is 0 Å². The zero-order chi connectivity index (χ0) is 14.9. The van der Waals surface area contributed by atoms with Crippen molar-refractivity contribution >= 4 is 22.0 Å². The molecule has 1 atom stereocenters. The number of carbonyl (C=O) groups is 2. The lowest BCUT2D eigenvalue weighted by Crippen LogP contribution is -2.55. The Kier molecular flexibility index (Phi) is 4.31. The second-order valence-electron chi connectivity index (χ2n) is 5.17. The highest BCUT2D eigenvalue weighted by Crippen LogP contribution is 2.14. The van der Waals surface area contributed by atoms with Crippen LogP contribution in [0.4, 0.5) is 0 Å². The van der Waals surface area contributed by atoms with E-state index >= 15 is 0 Å². The highest BCUT2D eigenvalue weighted by molar-refractivity contribution is 7.86. The van der Waals surface area contributed by atoms with E-state index in [9.17, 15) is 18.0 Å². The zero-order valence-corrected chi connectivity index (χ0v) is 12.5. The van der Waals surface area contributed by atoms with E-state index < -0.39 is 16.3 Å². The van der Waals surface area contributed by atoms with Gasteiger partial charge in [-0.3, -0.25) is 9.59 Å². The van der Waals surface area contributed by atoms with E-state index in [1.807, 2.05) is 0 Å². The number of nitrogens with zero attached hydrogens (tertiary/aromatic N) is 3. The molecule has 0 aromatic carbocycles. The molecule has 1 unspecified atom stereocenters. The van der Waals surface area contributed by atoms with Crippen LogP contribution in [-0.4, -0.2) is 80.1 Å². The fraction of sp³-hybridized carbons (Fsp3) is 0.818. The first-order valence-corrected chi connectivity index (χ1v) is 7.98. The Balaban J connectivity index is 1.91. The first-order valence-electron chi connectivity index (χ1n) is 6.58. The highest BCUT2D eigenvalue weighted by Gasteiger charge is 2.34. The summed E-state index contributed by atoms with van der Waals surface area (Å²) in [7, 11) is -0.444. The molecule has 0 aromatic heterocycles. The predicted molar refractivity (Wildman–Crippen MR) is 71.9 cm³/mol. The molecule has 114 valence electrons. The van der Waals surface area contributed by atoms with Gasteiger partial charge in [-0.25, -0.2) is 0 Å². The lowest BCUT2D eigenvalue weighted by molar-refractivity contribution is -0.135. The largest absolute Gasteiger partial charge is 0.344 e. The molecular formula is C11H20N4O4S. The summed E-state index contributed by atoms with van der Waals surface area (Å²) in [5.41, 5.74) is 0. The number of amides is 2. The Morgan fingerprint density at radius 1 is 1.25 bits per heavy atom. The van der Waals surface area contributed by atoms with Crippen LogP contribution in [0, 0.1) is 0 Å². The molecule has 9 heteroatoms. The summed E-state index contributed by atoms with van der Waals surface area (Å²) in [5.74, 6) is -0.213. The molecule has 0 spiro atoms. The van der Waals surface area contributed by atoms with Crippen molar-refractivity contribution in [1.29, 1.82) is 0 Å². The molecule has 2 saturated heterocycles. The predicted octanol–water partition coefficient (Wildman–Crippen LogP) is -1.78. The Morgan fingerprint density at radius 2 is 1.85 bits per heavy atom. The molecule has 20 heavy (non-hydrogen) atoms. The van der Waals surface area contributed by atoms with Crippen LogP contribution in [0.1, 0.15) is 12.8 Å². The van der Waals surface area contributed by atoms with Crippen LogP contribution in [0.25, 0.3) is 0 Å². The van der Waals surface area contributed by atoms with Gasteiger partial charge in [-0.1, -0.05) is 0 Å². The van der Waals surface area contributed by atoms with E-state index in [1.165, 1.54) is 22.7 Å². The average Bonchev–Trinajstić information content (AvgIpc) is 2.84. The molecule has 2 fully saturated rings. The van der Waals surface area contributed by atoms with E-state index in [-0.39, 0.29) is 24.9 Å². The number of piperazine rings is 1. The lowest BCUT2D eigenvalue weighted by atomic mass is 10.2. The maximum absolute atomic E-state index is 12.2. The molecule has 0 bridgehead atoms. The SMILES string of the molecule is CN(C)S(=O)(=O)N1CCN(C(=O)C2CCC(=O)N2)CC1. The van der Waals surface area contributed by atoms with Crippen molar-refractivity contribution in [3.8, 4) is 0 Å². The molecule has 0 radical (unpaired) electrons. The van der Waals surface area contributed by atoms with Crippen LogP contribution in [0.2, 0.25) is 0 Å². The van der Waals surface area contributed by atoms with Crippen LogP contribution >= 0.6 is 0 Å². The molecule has 2 amide bonds. The molecule has 0 saturated carbocycles. The second-order valence-corrected chi connectivity index (χ2v) is 7.32. The smallest absolute Gasteiger partial charge is 0.281 e. The molecule has 1 N–H and O–H groups in total. The van der Waals surface area contributed by atoms with Gasteiger partial charge in [0.2, 0.25) is 11.8 Å².